The standard InChI is InChI=1S/C15H18BrNO3/c1-3-5-14(18)13(15(19)20-4-2)10-17-12-8-6-11(16)7-9-12/h6-10,13H,3-5H2,1-2H3. The summed E-state index contributed by atoms with van der Waals surface area (Å²) < 4.78 is 5.87. The molecule has 0 aliphatic rings. The molecule has 0 spiro atoms. The maximum Gasteiger partial charge on any atom is 0.321 e. The number of carbonyl (C=O) groups excluding carboxylic acids is 2. The van der Waals surface area contributed by atoms with Crippen molar-refractivity contribution in [3.63, 3.8) is 0 Å². The largest absolute Gasteiger partial charge is 0.465 e. The van der Waals surface area contributed by atoms with Gasteiger partial charge in [-0.2, -0.15) is 0 Å². The van der Waals surface area contributed by atoms with Crippen molar-refractivity contribution in [3.8, 4) is 0 Å². The van der Waals surface area contributed by atoms with Gasteiger partial charge in [0.15, 0.2) is 11.7 Å². The van der Waals surface area contributed by atoms with Gasteiger partial charge in [-0.3, -0.25) is 14.6 Å². The Kier molecular flexibility index (Phi) is 7.15. The summed E-state index contributed by atoms with van der Waals surface area (Å²) in [4.78, 5) is 27.9. The second kappa shape index (κ2) is 8.64. The van der Waals surface area contributed by atoms with Gasteiger partial charge in [0.1, 0.15) is 0 Å². The number of benzene rings is 1. The van der Waals surface area contributed by atoms with Crippen LogP contribution in [0.1, 0.15) is 26.7 Å². The summed E-state index contributed by atoms with van der Waals surface area (Å²) in [5.41, 5.74) is 0.687. The Bertz CT molecular complexity index is 464. The summed E-state index contributed by atoms with van der Waals surface area (Å²) in [5, 5.41) is 0. The number of hydrogen-bond donors (Lipinski definition) is 0. The number of aliphatic imine (C=N–C) groups is 1. The molecule has 0 aliphatic carbocycles. The van der Waals surface area contributed by atoms with Gasteiger partial charge in [0.25, 0.3) is 0 Å². The highest BCUT2D eigenvalue weighted by Gasteiger charge is 2.25. The molecule has 0 saturated heterocycles. The van der Waals surface area contributed by atoms with Crippen LogP contribution >= 0.6 is 15.9 Å². The van der Waals surface area contributed by atoms with Gasteiger partial charge in [-0.05, 0) is 37.6 Å². The van der Waals surface area contributed by atoms with E-state index in [0.717, 1.165) is 4.47 Å². The minimum atomic E-state index is -0.918. The Labute approximate surface area is 127 Å². The predicted octanol–water partition coefficient (Wildman–Crippen LogP) is 3.70. The summed E-state index contributed by atoms with van der Waals surface area (Å²) in [6.45, 7) is 3.86. The highest BCUT2D eigenvalue weighted by Crippen LogP contribution is 2.17. The Morgan fingerprint density at radius 3 is 2.50 bits per heavy atom. The number of carbonyl (C=O) groups is 2. The fourth-order valence-corrected chi connectivity index (χ4v) is 1.86. The lowest BCUT2D eigenvalue weighted by molar-refractivity contribution is -0.148. The van der Waals surface area contributed by atoms with Crippen LogP contribution in [0.5, 0.6) is 0 Å². The second-order valence-corrected chi connectivity index (χ2v) is 5.12. The number of halogens is 1. The molecule has 4 nitrogen and oxygen atoms in total. The molecular formula is C15H18BrNO3. The monoisotopic (exact) mass is 339 g/mol. The lowest BCUT2D eigenvalue weighted by atomic mass is 10.0. The number of rotatable bonds is 7. The Morgan fingerprint density at radius 2 is 1.95 bits per heavy atom. The van der Waals surface area contributed by atoms with Gasteiger partial charge in [0, 0.05) is 17.1 Å². The average molecular weight is 340 g/mol. The van der Waals surface area contributed by atoms with Crippen LogP contribution in [0.4, 0.5) is 5.69 Å². The van der Waals surface area contributed by atoms with Crippen LogP contribution in [0.25, 0.3) is 0 Å². The molecule has 0 amide bonds. The summed E-state index contributed by atoms with van der Waals surface area (Å²) in [7, 11) is 0. The van der Waals surface area contributed by atoms with Crippen molar-refractivity contribution in [1.82, 2.24) is 0 Å². The normalized spacial score (nSPS) is 12.3. The molecule has 0 aliphatic heterocycles. The molecule has 0 aromatic heterocycles. The van der Waals surface area contributed by atoms with Crippen molar-refractivity contribution < 1.29 is 14.3 Å². The third kappa shape index (κ3) is 5.25. The lowest BCUT2D eigenvalue weighted by Gasteiger charge is -2.09. The molecule has 1 aromatic carbocycles. The molecular weight excluding hydrogens is 322 g/mol. The minimum absolute atomic E-state index is 0.160. The van der Waals surface area contributed by atoms with Gasteiger partial charge in [0.05, 0.1) is 12.3 Å². The molecule has 5 heteroatoms. The topological polar surface area (TPSA) is 55.7 Å². The summed E-state index contributed by atoms with van der Waals surface area (Å²) in [6, 6.07) is 7.29. The van der Waals surface area contributed by atoms with E-state index >= 15 is 0 Å². The van der Waals surface area contributed by atoms with E-state index in [4.69, 9.17) is 4.74 Å². The molecule has 0 N–H and O–H groups in total. The first-order chi connectivity index (χ1) is 9.58. The smallest absolute Gasteiger partial charge is 0.321 e. The average Bonchev–Trinajstić information content (AvgIpc) is 2.42. The summed E-state index contributed by atoms with van der Waals surface area (Å²) in [6.07, 6.45) is 2.41. The van der Waals surface area contributed by atoms with Gasteiger partial charge in [-0.1, -0.05) is 22.9 Å². The van der Waals surface area contributed by atoms with Crippen LogP contribution in [0.3, 0.4) is 0 Å². The first kappa shape index (κ1) is 16.6. The Morgan fingerprint density at radius 1 is 1.30 bits per heavy atom. The van der Waals surface area contributed by atoms with Gasteiger partial charge in [-0.25, -0.2) is 0 Å². The molecule has 1 unspecified atom stereocenters. The molecule has 1 atom stereocenters. The van der Waals surface area contributed by atoms with Gasteiger partial charge in [0.2, 0.25) is 0 Å². The maximum atomic E-state index is 11.9. The summed E-state index contributed by atoms with van der Waals surface area (Å²) >= 11 is 3.33. The fraction of sp³-hybridized carbons (Fsp3) is 0.400. The molecule has 1 rings (SSSR count). The highest BCUT2D eigenvalue weighted by atomic mass is 79.9. The van der Waals surface area contributed by atoms with Gasteiger partial charge < -0.3 is 4.74 Å². The van der Waals surface area contributed by atoms with Crippen molar-refractivity contribution in [2.75, 3.05) is 6.61 Å². The number of hydrogen-bond acceptors (Lipinski definition) is 4. The zero-order chi connectivity index (χ0) is 15.0. The van der Waals surface area contributed by atoms with Crippen molar-refractivity contribution in [1.29, 1.82) is 0 Å². The lowest BCUT2D eigenvalue weighted by Crippen LogP contribution is -2.27. The third-order valence-electron chi connectivity index (χ3n) is 2.58. The number of nitrogens with zero attached hydrogens (tertiary/aromatic N) is 1. The van der Waals surface area contributed by atoms with E-state index in [9.17, 15) is 9.59 Å². The molecule has 0 heterocycles. The fourth-order valence-electron chi connectivity index (χ4n) is 1.60. The Hall–Kier alpha value is -1.49. The van der Waals surface area contributed by atoms with E-state index in [1.807, 2.05) is 19.1 Å². The zero-order valence-electron chi connectivity index (χ0n) is 11.6. The molecule has 0 fully saturated rings. The molecule has 1 aromatic rings. The van der Waals surface area contributed by atoms with E-state index in [1.165, 1.54) is 6.21 Å². The van der Waals surface area contributed by atoms with Crippen LogP contribution < -0.4 is 0 Å². The first-order valence-electron chi connectivity index (χ1n) is 6.57. The quantitative estimate of drug-likeness (QED) is 0.432. The number of ketones is 1. The Balaban J connectivity index is 2.85. The van der Waals surface area contributed by atoms with Crippen LogP contribution in [-0.2, 0) is 14.3 Å². The van der Waals surface area contributed by atoms with E-state index in [2.05, 4.69) is 20.9 Å². The van der Waals surface area contributed by atoms with Crippen molar-refractivity contribution in [2.45, 2.75) is 26.7 Å². The van der Waals surface area contributed by atoms with E-state index < -0.39 is 11.9 Å². The SMILES string of the molecule is CCCC(=O)C(C=Nc1ccc(Br)cc1)C(=O)OCC. The van der Waals surface area contributed by atoms with E-state index in [1.54, 1.807) is 19.1 Å². The summed E-state index contributed by atoms with van der Waals surface area (Å²) in [5.74, 6) is -1.61. The highest BCUT2D eigenvalue weighted by molar-refractivity contribution is 9.10. The van der Waals surface area contributed by atoms with Crippen molar-refractivity contribution >= 4 is 39.6 Å². The first-order valence-corrected chi connectivity index (χ1v) is 7.36. The molecule has 20 heavy (non-hydrogen) atoms. The molecule has 0 saturated carbocycles. The minimum Gasteiger partial charge on any atom is -0.465 e. The van der Waals surface area contributed by atoms with Crippen molar-refractivity contribution in [2.24, 2.45) is 10.9 Å². The van der Waals surface area contributed by atoms with Crippen LogP contribution in [-0.4, -0.2) is 24.6 Å². The molecule has 108 valence electrons. The molecule has 0 radical (unpaired) electrons. The predicted molar refractivity (Wildman–Crippen MR) is 82.3 cm³/mol. The third-order valence-corrected chi connectivity index (χ3v) is 3.11. The second-order valence-electron chi connectivity index (χ2n) is 4.20. The number of esters is 1. The van der Waals surface area contributed by atoms with Gasteiger partial charge >= 0.3 is 5.97 Å². The maximum absolute atomic E-state index is 11.9. The van der Waals surface area contributed by atoms with E-state index in [-0.39, 0.29) is 12.4 Å². The van der Waals surface area contributed by atoms with E-state index in [0.29, 0.717) is 18.5 Å². The molecule has 0 bridgehead atoms. The van der Waals surface area contributed by atoms with Crippen LogP contribution in [0.2, 0.25) is 0 Å². The van der Waals surface area contributed by atoms with Crippen LogP contribution in [0, 0.1) is 5.92 Å². The van der Waals surface area contributed by atoms with Crippen LogP contribution in [0.15, 0.2) is 33.7 Å². The van der Waals surface area contributed by atoms with Gasteiger partial charge in [-0.15, -0.1) is 0 Å². The number of ether oxygens (including phenoxy) is 1. The number of Topliss-reactive ketones (excluding diaryl/α,β-unsaturated/α-hetero) is 1. The van der Waals surface area contributed by atoms with Crippen molar-refractivity contribution in [3.05, 3.63) is 28.7 Å². The zero-order valence-corrected chi connectivity index (χ0v) is 13.2.